The molecule has 0 saturated heterocycles. The third-order valence-electron chi connectivity index (χ3n) is 4.52. The summed E-state index contributed by atoms with van der Waals surface area (Å²) < 4.78 is 25.5. The molecule has 0 aromatic heterocycles. The number of ether oxygens (including phenoxy) is 2. The van der Waals surface area contributed by atoms with Gasteiger partial charge in [0.1, 0.15) is 24.8 Å². The Kier molecular flexibility index (Phi) is 5.94. The molecule has 2 N–H and O–H groups in total. The van der Waals surface area contributed by atoms with Crippen LogP contribution in [0.3, 0.4) is 0 Å². The first kappa shape index (κ1) is 19.4. The Balaban J connectivity index is 1.71. The van der Waals surface area contributed by atoms with Crippen molar-refractivity contribution < 1.29 is 18.7 Å². The first-order valence-corrected chi connectivity index (χ1v) is 8.93. The number of esters is 1. The molecule has 0 fully saturated rings. The van der Waals surface area contributed by atoms with Gasteiger partial charge in [-0.15, -0.1) is 0 Å². The molecule has 0 aliphatic heterocycles. The minimum absolute atomic E-state index is 0.0863. The van der Waals surface area contributed by atoms with Crippen molar-refractivity contribution >= 4 is 11.7 Å². The normalized spacial score (nSPS) is 10.5. The second-order valence-corrected chi connectivity index (χ2v) is 6.59. The van der Waals surface area contributed by atoms with E-state index in [1.54, 1.807) is 13.0 Å². The molecule has 0 atom stereocenters. The lowest BCUT2D eigenvalue weighted by Crippen LogP contribution is -2.09. The lowest BCUT2D eigenvalue weighted by atomic mass is 10.1. The molecule has 0 amide bonds. The van der Waals surface area contributed by atoms with Crippen LogP contribution in [0.25, 0.3) is 0 Å². The number of anilines is 1. The maximum absolute atomic E-state index is 14.5. The van der Waals surface area contributed by atoms with Crippen molar-refractivity contribution in [1.82, 2.24) is 0 Å². The van der Waals surface area contributed by atoms with Crippen LogP contribution in [0.5, 0.6) is 5.75 Å². The van der Waals surface area contributed by atoms with Gasteiger partial charge in [-0.2, -0.15) is 0 Å². The number of aryl methyl sites for hydroxylation is 2. The highest BCUT2D eigenvalue weighted by atomic mass is 19.1. The summed E-state index contributed by atoms with van der Waals surface area (Å²) in [6.07, 6.45) is 0. The van der Waals surface area contributed by atoms with Crippen LogP contribution in [-0.2, 0) is 18.0 Å². The third-order valence-corrected chi connectivity index (χ3v) is 4.52. The predicted octanol–water partition coefficient (Wildman–Crippen LogP) is 4.96. The van der Waals surface area contributed by atoms with Crippen LogP contribution in [0.1, 0.15) is 32.6 Å². The zero-order valence-corrected chi connectivity index (χ0v) is 15.9. The van der Waals surface area contributed by atoms with Crippen molar-refractivity contribution in [2.75, 3.05) is 5.73 Å². The number of nitrogen functional groups attached to an aromatic ring is 1. The molecule has 0 aliphatic rings. The molecule has 0 saturated carbocycles. The standard InChI is InChI=1S/C23H22FNO3/c1-15-7-6-10-21(25)19(15)14-27-22-12-20(24)18(11-16(22)2)23(26)28-13-17-8-4-3-5-9-17/h3-12H,13-14,25H2,1-2H3. The van der Waals surface area contributed by atoms with E-state index in [1.165, 1.54) is 12.1 Å². The lowest BCUT2D eigenvalue weighted by Gasteiger charge is -2.14. The Morgan fingerprint density at radius 3 is 2.43 bits per heavy atom. The van der Waals surface area contributed by atoms with Crippen molar-refractivity contribution in [3.05, 3.63) is 94.3 Å². The fraction of sp³-hybridized carbons (Fsp3) is 0.174. The Labute approximate surface area is 163 Å². The fourth-order valence-corrected chi connectivity index (χ4v) is 2.85. The van der Waals surface area contributed by atoms with Crippen LogP contribution < -0.4 is 10.5 Å². The summed E-state index contributed by atoms with van der Waals surface area (Å²) in [6.45, 7) is 4.00. The van der Waals surface area contributed by atoms with Gasteiger partial charge in [-0.25, -0.2) is 9.18 Å². The second-order valence-electron chi connectivity index (χ2n) is 6.59. The highest BCUT2D eigenvalue weighted by molar-refractivity contribution is 5.90. The lowest BCUT2D eigenvalue weighted by molar-refractivity contribution is 0.0467. The molecule has 5 heteroatoms. The van der Waals surface area contributed by atoms with E-state index >= 15 is 0 Å². The number of hydrogen-bond acceptors (Lipinski definition) is 4. The summed E-state index contributed by atoms with van der Waals surface area (Å²) in [5.74, 6) is -1.03. The van der Waals surface area contributed by atoms with E-state index in [0.717, 1.165) is 16.7 Å². The topological polar surface area (TPSA) is 61.5 Å². The number of hydrogen-bond donors (Lipinski definition) is 1. The van der Waals surface area contributed by atoms with E-state index < -0.39 is 11.8 Å². The fourth-order valence-electron chi connectivity index (χ4n) is 2.85. The van der Waals surface area contributed by atoms with Crippen LogP contribution in [-0.4, -0.2) is 5.97 Å². The average molecular weight is 379 g/mol. The number of halogens is 1. The van der Waals surface area contributed by atoms with Crippen molar-refractivity contribution in [2.24, 2.45) is 0 Å². The SMILES string of the molecule is Cc1cc(C(=O)OCc2ccccc2)c(F)cc1OCc1c(C)cccc1N. The second kappa shape index (κ2) is 8.57. The maximum atomic E-state index is 14.5. The van der Waals surface area contributed by atoms with Crippen LogP contribution >= 0.6 is 0 Å². The quantitative estimate of drug-likeness (QED) is 0.486. The van der Waals surface area contributed by atoms with Crippen molar-refractivity contribution in [3.63, 3.8) is 0 Å². The first-order chi connectivity index (χ1) is 13.5. The molecule has 0 unspecified atom stereocenters. The summed E-state index contributed by atoms with van der Waals surface area (Å²) in [4.78, 5) is 12.3. The zero-order chi connectivity index (χ0) is 20.1. The molecule has 0 spiro atoms. The van der Waals surface area contributed by atoms with Crippen molar-refractivity contribution in [2.45, 2.75) is 27.1 Å². The predicted molar refractivity (Wildman–Crippen MR) is 107 cm³/mol. The molecule has 0 radical (unpaired) electrons. The third kappa shape index (κ3) is 4.49. The van der Waals surface area contributed by atoms with E-state index in [1.807, 2.05) is 49.4 Å². The Morgan fingerprint density at radius 2 is 1.71 bits per heavy atom. The number of nitrogens with two attached hydrogens (primary N) is 1. The van der Waals surface area contributed by atoms with Crippen LogP contribution in [0.15, 0.2) is 60.7 Å². The van der Waals surface area contributed by atoms with Gasteiger partial charge in [0.2, 0.25) is 0 Å². The molecule has 0 aliphatic carbocycles. The van der Waals surface area contributed by atoms with Crippen LogP contribution in [0, 0.1) is 19.7 Å². The number of carbonyl (C=O) groups excluding carboxylic acids is 1. The summed E-state index contributed by atoms with van der Waals surface area (Å²) in [6, 6.07) is 17.5. The molecule has 3 aromatic carbocycles. The van der Waals surface area contributed by atoms with Gasteiger partial charge in [0.25, 0.3) is 0 Å². The molecular formula is C23H22FNO3. The minimum atomic E-state index is -0.709. The van der Waals surface area contributed by atoms with Gasteiger partial charge >= 0.3 is 5.97 Å². The Hall–Kier alpha value is -3.34. The van der Waals surface area contributed by atoms with Gasteiger partial charge in [0.15, 0.2) is 0 Å². The molecule has 0 bridgehead atoms. The molecule has 3 rings (SSSR count). The maximum Gasteiger partial charge on any atom is 0.341 e. The van der Waals surface area contributed by atoms with Gasteiger partial charge in [-0.1, -0.05) is 42.5 Å². The highest BCUT2D eigenvalue weighted by Gasteiger charge is 2.17. The molecule has 3 aromatic rings. The number of rotatable bonds is 6. The van der Waals surface area contributed by atoms with E-state index in [4.69, 9.17) is 15.2 Å². The van der Waals surface area contributed by atoms with Gasteiger partial charge < -0.3 is 15.2 Å². The van der Waals surface area contributed by atoms with Crippen molar-refractivity contribution in [3.8, 4) is 5.75 Å². The number of benzene rings is 3. The zero-order valence-electron chi connectivity index (χ0n) is 15.9. The molecule has 4 nitrogen and oxygen atoms in total. The smallest absolute Gasteiger partial charge is 0.341 e. The Bertz CT molecular complexity index is 966. The van der Waals surface area contributed by atoms with Crippen LogP contribution in [0.4, 0.5) is 10.1 Å². The monoisotopic (exact) mass is 379 g/mol. The van der Waals surface area contributed by atoms with Crippen molar-refractivity contribution in [1.29, 1.82) is 0 Å². The van der Waals surface area contributed by atoms with Gasteiger partial charge in [0.05, 0.1) is 5.56 Å². The van der Waals surface area contributed by atoms with E-state index in [-0.39, 0.29) is 18.8 Å². The molecule has 144 valence electrons. The minimum Gasteiger partial charge on any atom is -0.488 e. The number of carbonyl (C=O) groups is 1. The van der Waals surface area contributed by atoms with Gasteiger partial charge in [0, 0.05) is 17.3 Å². The highest BCUT2D eigenvalue weighted by Crippen LogP contribution is 2.26. The first-order valence-electron chi connectivity index (χ1n) is 8.93. The van der Waals surface area contributed by atoms with E-state index in [2.05, 4.69) is 0 Å². The van der Waals surface area contributed by atoms with Gasteiger partial charge in [-0.05, 0) is 42.7 Å². The van der Waals surface area contributed by atoms with Gasteiger partial charge in [-0.3, -0.25) is 0 Å². The summed E-state index contributed by atoms with van der Waals surface area (Å²) in [5, 5.41) is 0. The Morgan fingerprint density at radius 1 is 0.964 bits per heavy atom. The summed E-state index contributed by atoms with van der Waals surface area (Å²) in [5.41, 5.74) is 9.82. The summed E-state index contributed by atoms with van der Waals surface area (Å²) in [7, 11) is 0. The van der Waals surface area contributed by atoms with E-state index in [0.29, 0.717) is 17.0 Å². The summed E-state index contributed by atoms with van der Waals surface area (Å²) >= 11 is 0. The average Bonchev–Trinajstić information content (AvgIpc) is 2.68. The van der Waals surface area contributed by atoms with Crippen LogP contribution in [0.2, 0.25) is 0 Å². The molecular weight excluding hydrogens is 357 g/mol. The molecule has 0 heterocycles. The van der Waals surface area contributed by atoms with E-state index in [9.17, 15) is 9.18 Å². The molecule has 28 heavy (non-hydrogen) atoms. The largest absolute Gasteiger partial charge is 0.488 e.